The third kappa shape index (κ3) is 6.95. The number of benzene rings is 2. The number of nitrogens with one attached hydrogen (secondary N) is 2. The standard InChI is InChI=1S/C32H30F8N4O2S2/c1-27(2,3)19-11-7-17(8-12-19)21-15-47-25(41-21)43-23(45)29(33,34)31(37,38)32(39,40)30(35,36)24(46)44-26-42-22(16-48-26)18-9-13-20(14-10-18)28(4,5)6/h7-16H,1-6H3,(H,41,43,45)(H,42,44,46). The number of carbonyl (C=O) groups excluding carboxylic acids is 2. The molecule has 6 nitrogen and oxygen atoms in total. The van der Waals surface area contributed by atoms with Crippen molar-refractivity contribution in [2.75, 3.05) is 10.6 Å². The van der Waals surface area contributed by atoms with Crippen LogP contribution in [0.2, 0.25) is 0 Å². The first-order valence-electron chi connectivity index (χ1n) is 14.2. The number of rotatable bonds is 9. The van der Waals surface area contributed by atoms with Crippen molar-refractivity contribution in [3.8, 4) is 22.5 Å². The molecule has 0 aliphatic rings. The number of amides is 2. The first-order valence-corrected chi connectivity index (χ1v) is 15.9. The lowest BCUT2D eigenvalue weighted by atomic mass is 9.86. The highest BCUT2D eigenvalue weighted by Gasteiger charge is 2.84. The van der Waals surface area contributed by atoms with Crippen LogP contribution in [0.3, 0.4) is 0 Å². The highest BCUT2D eigenvalue weighted by Crippen LogP contribution is 2.53. The van der Waals surface area contributed by atoms with Crippen LogP contribution >= 0.6 is 22.7 Å². The Balaban J connectivity index is 1.48. The molecule has 4 rings (SSSR count). The van der Waals surface area contributed by atoms with E-state index in [2.05, 4.69) is 9.97 Å². The van der Waals surface area contributed by atoms with E-state index in [0.29, 0.717) is 33.8 Å². The highest BCUT2D eigenvalue weighted by molar-refractivity contribution is 7.14. The van der Waals surface area contributed by atoms with Crippen LogP contribution in [-0.2, 0) is 20.4 Å². The minimum atomic E-state index is -7.05. The van der Waals surface area contributed by atoms with Crippen LogP contribution < -0.4 is 10.6 Å². The molecule has 0 radical (unpaired) electrons. The van der Waals surface area contributed by atoms with Gasteiger partial charge in [-0.25, -0.2) is 9.97 Å². The molecule has 0 spiro atoms. The van der Waals surface area contributed by atoms with Gasteiger partial charge in [0.15, 0.2) is 10.3 Å². The van der Waals surface area contributed by atoms with E-state index in [4.69, 9.17) is 0 Å². The molecule has 2 aromatic carbocycles. The van der Waals surface area contributed by atoms with Gasteiger partial charge in [-0.2, -0.15) is 35.1 Å². The van der Waals surface area contributed by atoms with E-state index in [1.165, 1.54) is 21.4 Å². The van der Waals surface area contributed by atoms with Gasteiger partial charge >= 0.3 is 35.5 Å². The van der Waals surface area contributed by atoms with Crippen LogP contribution in [0.4, 0.5) is 45.4 Å². The Morgan fingerprint density at radius 1 is 0.542 bits per heavy atom. The van der Waals surface area contributed by atoms with Crippen LogP contribution in [0.1, 0.15) is 52.7 Å². The smallest absolute Gasteiger partial charge is 0.296 e. The minimum Gasteiger partial charge on any atom is -0.296 e. The summed E-state index contributed by atoms with van der Waals surface area (Å²) >= 11 is 1.01. The Hall–Kier alpha value is -3.92. The zero-order valence-electron chi connectivity index (χ0n) is 26.3. The van der Waals surface area contributed by atoms with E-state index >= 15 is 0 Å². The number of carbonyl (C=O) groups is 2. The molecule has 0 aliphatic heterocycles. The van der Waals surface area contributed by atoms with Gasteiger partial charge in [0.2, 0.25) is 0 Å². The van der Waals surface area contributed by atoms with Crippen LogP contribution in [0.15, 0.2) is 59.3 Å². The summed E-state index contributed by atoms with van der Waals surface area (Å²) in [5.41, 5.74) is 2.68. The van der Waals surface area contributed by atoms with Crippen molar-refractivity contribution in [3.05, 3.63) is 70.4 Å². The summed E-state index contributed by atoms with van der Waals surface area (Å²) in [4.78, 5) is 32.0. The van der Waals surface area contributed by atoms with Crippen molar-refractivity contribution in [1.82, 2.24) is 9.97 Å². The van der Waals surface area contributed by atoms with Crippen molar-refractivity contribution < 1.29 is 44.7 Å². The Morgan fingerprint density at radius 3 is 1.10 bits per heavy atom. The average molecular weight is 719 g/mol. The fourth-order valence-electron chi connectivity index (χ4n) is 4.24. The molecule has 2 N–H and O–H groups in total. The van der Waals surface area contributed by atoms with Crippen LogP contribution in [0.25, 0.3) is 22.5 Å². The largest absolute Gasteiger partial charge is 0.393 e. The maximum absolute atomic E-state index is 14.6. The molecular formula is C32H30F8N4O2S2. The quantitative estimate of drug-likeness (QED) is 0.169. The maximum Gasteiger partial charge on any atom is 0.393 e. The van der Waals surface area contributed by atoms with E-state index in [1.807, 2.05) is 41.5 Å². The molecule has 0 fully saturated rings. The third-order valence-corrected chi connectivity index (χ3v) is 8.81. The molecule has 0 aliphatic carbocycles. The topological polar surface area (TPSA) is 84.0 Å². The van der Waals surface area contributed by atoms with Crippen molar-refractivity contribution in [3.63, 3.8) is 0 Å². The number of hydrogen-bond acceptors (Lipinski definition) is 6. The molecule has 2 heterocycles. The molecule has 258 valence electrons. The molecule has 16 heteroatoms. The second-order valence-electron chi connectivity index (χ2n) is 12.9. The van der Waals surface area contributed by atoms with Gasteiger partial charge in [0.25, 0.3) is 0 Å². The Kier molecular flexibility index (Phi) is 9.62. The Morgan fingerprint density at radius 2 is 0.833 bits per heavy atom. The summed E-state index contributed by atoms with van der Waals surface area (Å²) in [7, 11) is 0. The number of hydrogen-bond donors (Lipinski definition) is 2. The Labute approximate surface area is 278 Å². The lowest BCUT2D eigenvalue weighted by molar-refractivity contribution is -0.345. The van der Waals surface area contributed by atoms with E-state index in [9.17, 15) is 44.7 Å². The van der Waals surface area contributed by atoms with Crippen molar-refractivity contribution in [2.24, 2.45) is 0 Å². The molecule has 0 saturated carbocycles. The van der Waals surface area contributed by atoms with Gasteiger partial charge in [0.1, 0.15) is 0 Å². The van der Waals surface area contributed by atoms with Gasteiger partial charge < -0.3 is 0 Å². The zero-order valence-corrected chi connectivity index (χ0v) is 28.0. The van der Waals surface area contributed by atoms with Gasteiger partial charge in [-0.05, 0) is 22.0 Å². The number of halogens is 8. The normalized spacial score (nSPS) is 13.4. The van der Waals surface area contributed by atoms with Gasteiger partial charge in [-0.15, -0.1) is 22.7 Å². The van der Waals surface area contributed by atoms with Crippen molar-refractivity contribution >= 4 is 44.8 Å². The lowest BCUT2D eigenvalue weighted by Gasteiger charge is -2.35. The lowest BCUT2D eigenvalue weighted by Crippen LogP contribution is -2.67. The van der Waals surface area contributed by atoms with Gasteiger partial charge in [0.05, 0.1) is 11.4 Å². The van der Waals surface area contributed by atoms with E-state index < -0.39 is 45.8 Å². The maximum atomic E-state index is 14.6. The van der Waals surface area contributed by atoms with E-state index in [-0.39, 0.29) is 22.2 Å². The highest BCUT2D eigenvalue weighted by atomic mass is 32.1. The number of alkyl halides is 8. The van der Waals surface area contributed by atoms with E-state index in [0.717, 1.165) is 11.1 Å². The second-order valence-corrected chi connectivity index (χ2v) is 14.7. The summed E-state index contributed by atoms with van der Waals surface area (Å²) < 4.78 is 117. The van der Waals surface area contributed by atoms with Crippen LogP contribution in [-0.4, -0.2) is 45.5 Å². The van der Waals surface area contributed by atoms with Crippen LogP contribution in [0, 0.1) is 0 Å². The summed E-state index contributed by atoms with van der Waals surface area (Å²) in [5.74, 6) is -33.0. The first-order chi connectivity index (χ1) is 21.9. The fourth-order valence-corrected chi connectivity index (χ4v) is 5.67. The number of aromatic nitrogens is 2. The number of thiazole rings is 2. The molecular weight excluding hydrogens is 688 g/mol. The number of anilines is 2. The predicted molar refractivity (Wildman–Crippen MR) is 170 cm³/mol. The van der Waals surface area contributed by atoms with E-state index in [1.54, 1.807) is 48.5 Å². The zero-order chi connectivity index (χ0) is 36.1. The van der Waals surface area contributed by atoms with Crippen molar-refractivity contribution in [1.29, 1.82) is 0 Å². The van der Waals surface area contributed by atoms with Gasteiger partial charge in [-0.1, -0.05) is 90.1 Å². The third-order valence-electron chi connectivity index (χ3n) is 7.30. The molecule has 0 bridgehead atoms. The second kappa shape index (κ2) is 12.5. The number of nitrogens with zero attached hydrogens (tertiary/aromatic N) is 2. The molecule has 0 atom stereocenters. The fraction of sp³-hybridized carbons (Fsp3) is 0.375. The molecule has 2 amide bonds. The molecule has 0 saturated heterocycles. The van der Waals surface area contributed by atoms with Gasteiger partial charge in [-0.3, -0.25) is 20.2 Å². The molecule has 48 heavy (non-hydrogen) atoms. The van der Waals surface area contributed by atoms with Gasteiger partial charge in [0, 0.05) is 21.9 Å². The molecule has 2 aromatic heterocycles. The minimum absolute atomic E-state index is 0.131. The predicted octanol–water partition coefficient (Wildman–Crippen LogP) is 9.65. The summed E-state index contributed by atoms with van der Waals surface area (Å²) in [5, 5.41) is 3.75. The van der Waals surface area contributed by atoms with Crippen LogP contribution in [0.5, 0.6) is 0 Å². The van der Waals surface area contributed by atoms with Crippen molar-refractivity contribution in [2.45, 2.75) is 76.1 Å². The first kappa shape index (κ1) is 36.9. The molecule has 0 unspecified atom stereocenters. The SMILES string of the molecule is CC(C)(C)c1ccc(-c2csc(NC(=O)C(F)(F)C(F)(F)C(F)(F)C(F)(F)C(=O)Nc3nc(-c4ccc(C(C)(C)C)cc4)cs3)n2)cc1. The molecule has 4 aromatic rings. The Bertz CT molecular complexity index is 1660. The average Bonchev–Trinajstić information content (AvgIpc) is 3.66. The monoisotopic (exact) mass is 718 g/mol. The summed E-state index contributed by atoms with van der Waals surface area (Å²) in [6, 6.07) is 13.6. The summed E-state index contributed by atoms with van der Waals surface area (Å²) in [6.45, 7) is 11.8. The summed E-state index contributed by atoms with van der Waals surface area (Å²) in [6.07, 6.45) is 0.